The minimum absolute atomic E-state index is 0.194. The molecule has 3 N–H and O–H groups in total. The number of amides is 1. The van der Waals surface area contributed by atoms with E-state index in [1.165, 1.54) is 108 Å². The van der Waals surface area contributed by atoms with Crippen LogP contribution in [0.3, 0.4) is 0 Å². The van der Waals surface area contributed by atoms with Crippen molar-refractivity contribution in [2.75, 3.05) is 92.3 Å². The average molecular weight is 774 g/mol. The van der Waals surface area contributed by atoms with Gasteiger partial charge in [0, 0.05) is 65.1 Å². The molecule has 0 heterocycles. The highest BCUT2D eigenvalue weighted by Gasteiger charge is 2.34. The third kappa shape index (κ3) is 26.0. The molecule has 0 saturated heterocycles. The molecule has 6 nitrogen and oxygen atoms in total. The first-order valence-corrected chi connectivity index (χ1v) is 24.4. The van der Waals surface area contributed by atoms with E-state index in [4.69, 9.17) is 5.73 Å². The molecule has 0 bridgehead atoms. The smallest absolute Gasteiger partial charge is 0.223 e. The molecule has 0 aromatic heterocycles. The van der Waals surface area contributed by atoms with Gasteiger partial charge in [0.05, 0.1) is 0 Å². The van der Waals surface area contributed by atoms with Gasteiger partial charge in [-0.25, -0.2) is 0 Å². The fourth-order valence-electron chi connectivity index (χ4n) is 7.30. The predicted molar refractivity (Wildman–Crippen MR) is 236 cm³/mol. The molecule has 9 heteroatoms. The van der Waals surface area contributed by atoms with Gasteiger partial charge in [-0.2, -0.15) is 35.3 Å². The quantitative estimate of drug-likeness (QED) is 0.0641. The highest BCUT2D eigenvalue weighted by Crippen LogP contribution is 2.41. The largest absolute Gasteiger partial charge is 0.356 e. The van der Waals surface area contributed by atoms with Crippen molar-refractivity contribution in [2.45, 2.75) is 146 Å². The van der Waals surface area contributed by atoms with Gasteiger partial charge in [0.1, 0.15) is 0 Å². The maximum atomic E-state index is 13.4. The number of thioether (sulfide) groups is 3. The molecule has 1 aliphatic carbocycles. The van der Waals surface area contributed by atoms with Gasteiger partial charge in [-0.3, -0.25) is 4.79 Å². The molecule has 0 aromatic carbocycles. The molecule has 304 valence electrons. The van der Waals surface area contributed by atoms with E-state index in [1.54, 1.807) is 0 Å². The van der Waals surface area contributed by atoms with Crippen LogP contribution in [0.1, 0.15) is 130 Å². The maximum Gasteiger partial charge on any atom is 0.223 e. The molecule has 1 amide bonds. The molecule has 0 radical (unpaired) electrons. The van der Waals surface area contributed by atoms with Crippen molar-refractivity contribution in [3.8, 4) is 0 Å². The molecule has 1 aliphatic rings. The zero-order valence-corrected chi connectivity index (χ0v) is 37.7. The Morgan fingerprint density at radius 3 is 1.76 bits per heavy atom. The van der Waals surface area contributed by atoms with E-state index < -0.39 is 0 Å². The van der Waals surface area contributed by atoms with Crippen molar-refractivity contribution < 1.29 is 4.79 Å². The lowest BCUT2D eigenvalue weighted by atomic mass is 9.78. The summed E-state index contributed by atoms with van der Waals surface area (Å²) in [5.74, 6) is 6.34. The van der Waals surface area contributed by atoms with Crippen molar-refractivity contribution in [2.24, 2.45) is 29.4 Å². The minimum atomic E-state index is 0.194. The Hall–Kier alpha value is 0.360. The van der Waals surface area contributed by atoms with Crippen LogP contribution in [0.25, 0.3) is 0 Å². The van der Waals surface area contributed by atoms with Gasteiger partial charge in [-0.1, -0.05) is 72.1 Å². The zero-order valence-electron chi connectivity index (χ0n) is 35.3. The van der Waals surface area contributed by atoms with Crippen LogP contribution in [0.5, 0.6) is 0 Å². The SMILES string of the molecule is CC(C)C(CCC(C)C(CCC1CCC(C(=O)NCCCCCCCCCCCCN)CC1SCCN(C)C)SCCN(C)C)SCCN(C)C. The lowest BCUT2D eigenvalue weighted by Crippen LogP contribution is -2.38. The molecular weight excluding hydrogens is 687 g/mol. The second-order valence-corrected chi connectivity index (χ2v) is 20.9. The van der Waals surface area contributed by atoms with Crippen LogP contribution in [0, 0.1) is 23.7 Å². The van der Waals surface area contributed by atoms with Crippen molar-refractivity contribution >= 4 is 41.2 Å². The number of carbonyl (C=O) groups is 1. The van der Waals surface area contributed by atoms with Crippen LogP contribution in [0.4, 0.5) is 0 Å². The van der Waals surface area contributed by atoms with Gasteiger partial charge in [0.25, 0.3) is 0 Å². The lowest BCUT2D eigenvalue weighted by Gasteiger charge is -2.37. The number of unbranched alkanes of at least 4 members (excludes halogenated alkanes) is 9. The van der Waals surface area contributed by atoms with E-state index in [0.29, 0.717) is 11.2 Å². The van der Waals surface area contributed by atoms with Gasteiger partial charge in [0.2, 0.25) is 5.91 Å². The normalized spacial score (nSPS) is 20.1. The highest BCUT2D eigenvalue weighted by molar-refractivity contribution is 8.00. The van der Waals surface area contributed by atoms with E-state index in [0.717, 1.165) is 79.4 Å². The lowest BCUT2D eigenvalue weighted by molar-refractivity contribution is -0.126. The van der Waals surface area contributed by atoms with Crippen LogP contribution in [-0.2, 0) is 4.79 Å². The predicted octanol–water partition coefficient (Wildman–Crippen LogP) is 9.22. The molecule has 0 aromatic rings. The minimum Gasteiger partial charge on any atom is -0.356 e. The molecule has 1 rings (SSSR count). The summed E-state index contributed by atoms with van der Waals surface area (Å²) in [6.45, 7) is 12.5. The first-order valence-electron chi connectivity index (χ1n) is 21.2. The number of carbonyl (C=O) groups excluding carboxylic acids is 1. The summed E-state index contributed by atoms with van der Waals surface area (Å²) < 4.78 is 0. The summed E-state index contributed by atoms with van der Waals surface area (Å²) in [7, 11) is 13.2. The summed E-state index contributed by atoms with van der Waals surface area (Å²) in [4.78, 5) is 20.3. The van der Waals surface area contributed by atoms with Crippen molar-refractivity contribution in [3.05, 3.63) is 0 Å². The van der Waals surface area contributed by atoms with Crippen LogP contribution in [0.2, 0.25) is 0 Å². The molecule has 1 saturated carbocycles. The zero-order chi connectivity index (χ0) is 37.9. The molecule has 0 aliphatic heterocycles. The molecule has 51 heavy (non-hydrogen) atoms. The second-order valence-electron chi connectivity index (χ2n) is 16.9. The Labute approximate surface area is 331 Å². The number of rotatable bonds is 33. The first kappa shape index (κ1) is 49.4. The van der Waals surface area contributed by atoms with Crippen LogP contribution >= 0.6 is 35.3 Å². The van der Waals surface area contributed by atoms with E-state index in [1.807, 2.05) is 0 Å². The maximum absolute atomic E-state index is 13.4. The monoisotopic (exact) mass is 774 g/mol. The van der Waals surface area contributed by atoms with E-state index in [2.05, 4.69) is 118 Å². The first-order chi connectivity index (χ1) is 24.4. The highest BCUT2D eigenvalue weighted by atomic mass is 32.2. The summed E-state index contributed by atoms with van der Waals surface area (Å²) in [5.41, 5.74) is 5.60. The summed E-state index contributed by atoms with van der Waals surface area (Å²) >= 11 is 6.60. The Morgan fingerprint density at radius 1 is 0.686 bits per heavy atom. The number of hydrogen-bond acceptors (Lipinski definition) is 8. The van der Waals surface area contributed by atoms with Gasteiger partial charge in [0.15, 0.2) is 0 Å². The third-order valence-corrected chi connectivity index (χ3v) is 15.5. The van der Waals surface area contributed by atoms with Crippen molar-refractivity contribution in [3.63, 3.8) is 0 Å². The molecule has 0 spiro atoms. The number of nitrogens with one attached hydrogen (secondary N) is 1. The number of nitrogens with two attached hydrogens (primary N) is 1. The van der Waals surface area contributed by atoms with Gasteiger partial charge in [-0.15, -0.1) is 0 Å². The Kier molecular flexibility index (Phi) is 30.5. The topological polar surface area (TPSA) is 64.8 Å². The number of nitrogens with zero attached hydrogens (tertiary/aromatic N) is 3. The summed E-state index contributed by atoms with van der Waals surface area (Å²) in [5, 5.41) is 5.44. The molecule has 6 unspecified atom stereocenters. The van der Waals surface area contributed by atoms with Crippen molar-refractivity contribution in [1.29, 1.82) is 0 Å². The standard InChI is InChI=1S/C42H87N5OS3/c1-35(2)39(49-31-28-45(4)5)24-20-36(3)40(50-32-29-46(6)7)25-23-37-21-22-38(34-41(37)51-33-30-47(8)9)42(48)44-27-19-17-15-13-11-10-12-14-16-18-26-43/h35-41H,10-34,43H2,1-9H3,(H,44,48). The summed E-state index contributed by atoms with van der Waals surface area (Å²) in [6, 6.07) is 0. The van der Waals surface area contributed by atoms with Crippen LogP contribution in [0.15, 0.2) is 0 Å². The van der Waals surface area contributed by atoms with E-state index in [-0.39, 0.29) is 5.92 Å². The fourth-order valence-corrected chi connectivity index (χ4v) is 12.0. The second kappa shape index (κ2) is 31.6. The van der Waals surface area contributed by atoms with Crippen LogP contribution < -0.4 is 11.1 Å². The Balaban J connectivity index is 2.65. The third-order valence-electron chi connectivity index (χ3n) is 10.9. The Morgan fingerprint density at radius 2 is 1.22 bits per heavy atom. The Bertz CT molecular complexity index is 817. The van der Waals surface area contributed by atoms with Crippen LogP contribution in [-0.4, -0.2) is 129 Å². The van der Waals surface area contributed by atoms with Crippen molar-refractivity contribution in [1.82, 2.24) is 20.0 Å². The van der Waals surface area contributed by atoms with Gasteiger partial charge < -0.3 is 25.8 Å². The molecule has 6 atom stereocenters. The summed E-state index contributed by atoms with van der Waals surface area (Å²) in [6.07, 6.45) is 21.5. The van der Waals surface area contributed by atoms with Gasteiger partial charge in [-0.05, 0) is 124 Å². The fraction of sp³-hybridized carbons (Fsp3) is 0.976. The molecule has 1 fully saturated rings. The van der Waals surface area contributed by atoms with E-state index in [9.17, 15) is 4.79 Å². The van der Waals surface area contributed by atoms with Gasteiger partial charge >= 0.3 is 0 Å². The average Bonchev–Trinajstić information content (AvgIpc) is 3.07. The van der Waals surface area contributed by atoms with E-state index >= 15 is 0 Å². The number of hydrogen-bond donors (Lipinski definition) is 2. The molecular formula is C42H87N5OS3.